The molecular formula is C29H34N6O2S. The molecule has 1 atom stereocenters. The van der Waals surface area contributed by atoms with Gasteiger partial charge in [0.1, 0.15) is 5.82 Å². The molecule has 0 bridgehead atoms. The van der Waals surface area contributed by atoms with E-state index in [0.717, 1.165) is 30.0 Å². The number of anilines is 2. The van der Waals surface area contributed by atoms with Gasteiger partial charge in [-0.1, -0.05) is 68.9 Å². The summed E-state index contributed by atoms with van der Waals surface area (Å²) in [7, 11) is 0. The number of fused-ring (bicyclic) bond motifs is 2. The molecule has 1 amide bonds. The predicted molar refractivity (Wildman–Crippen MR) is 152 cm³/mol. The lowest BCUT2D eigenvalue weighted by Crippen LogP contribution is -2.69. The van der Waals surface area contributed by atoms with Crippen LogP contribution >= 0.6 is 11.8 Å². The number of hydrogen-bond acceptors (Lipinski definition) is 7. The smallest absolute Gasteiger partial charge is 0.407 e. The Bertz CT molecular complexity index is 1410. The van der Waals surface area contributed by atoms with Crippen LogP contribution in [0.1, 0.15) is 38.4 Å². The van der Waals surface area contributed by atoms with Crippen molar-refractivity contribution in [3.8, 4) is 6.07 Å². The van der Waals surface area contributed by atoms with E-state index in [1.807, 2.05) is 27.0 Å². The van der Waals surface area contributed by atoms with Crippen LogP contribution in [0.25, 0.3) is 10.8 Å². The first kappa shape index (κ1) is 26.1. The van der Waals surface area contributed by atoms with Gasteiger partial charge in [-0.2, -0.15) is 5.26 Å². The summed E-state index contributed by atoms with van der Waals surface area (Å²) >= 11 is 1.52. The van der Waals surface area contributed by atoms with Crippen LogP contribution in [-0.2, 0) is 13.0 Å². The van der Waals surface area contributed by atoms with Crippen LogP contribution in [0.3, 0.4) is 0 Å². The molecule has 9 heteroatoms. The normalized spacial score (nSPS) is 19.8. The number of nitrogens with zero attached hydrogens (tertiary/aromatic N) is 6. The topological polar surface area (TPSA) is 96.6 Å². The van der Waals surface area contributed by atoms with E-state index < -0.39 is 17.0 Å². The largest absolute Gasteiger partial charge is 0.465 e. The fourth-order valence-electron chi connectivity index (χ4n) is 5.99. The first-order chi connectivity index (χ1) is 18.2. The van der Waals surface area contributed by atoms with E-state index in [1.54, 1.807) is 0 Å². The molecule has 38 heavy (non-hydrogen) atoms. The van der Waals surface area contributed by atoms with Gasteiger partial charge in [0.05, 0.1) is 30.3 Å². The Labute approximate surface area is 228 Å². The minimum absolute atomic E-state index is 0.122. The molecule has 0 radical (unpaired) electrons. The average molecular weight is 531 g/mol. The summed E-state index contributed by atoms with van der Waals surface area (Å²) in [5, 5.41) is 23.0. The fourth-order valence-corrected chi connectivity index (χ4v) is 6.37. The molecule has 2 aromatic carbocycles. The molecule has 3 heterocycles. The SMILES string of the molecule is CSc1nc2c(c(N3CCN(C(=O)O)C(CC#N)(C(C)(C)C)C3)n1)CCN(c1cccc3ccccc13)C2. The van der Waals surface area contributed by atoms with Crippen molar-refractivity contribution in [2.75, 3.05) is 42.2 Å². The van der Waals surface area contributed by atoms with Gasteiger partial charge in [-0.25, -0.2) is 14.8 Å². The molecule has 0 spiro atoms. The monoisotopic (exact) mass is 530 g/mol. The third-order valence-electron chi connectivity index (χ3n) is 8.17. The van der Waals surface area contributed by atoms with Crippen LogP contribution in [0.4, 0.5) is 16.3 Å². The number of carboxylic acid groups (broad SMARTS) is 1. The molecule has 198 valence electrons. The van der Waals surface area contributed by atoms with Gasteiger partial charge < -0.3 is 14.9 Å². The Morgan fingerprint density at radius 1 is 1.11 bits per heavy atom. The Hall–Kier alpha value is -3.51. The zero-order chi connectivity index (χ0) is 27.1. The Morgan fingerprint density at radius 3 is 2.58 bits per heavy atom. The molecule has 1 unspecified atom stereocenters. The van der Waals surface area contributed by atoms with E-state index >= 15 is 0 Å². The number of rotatable bonds is 4. The van der Waals surface area contributed by atoms with E-state index in [1.165, 1.54) is 33.1 Å². The number of benzene rings is 2. The molecule has 1 saturated heterocycles. The fraction of sp³-hybridized carbons (Fsp3) is 0.448. The van der Waals surface area contributed by atoms with Gasteiger partial charge in [0.15, 0.2) is 5.16 Å². The molecule has 1 fully saturated rings. The van der Waals surface area contributed by atoms with Gasteiger partial charge in [0, 0.05) is 42.8 Å². The molecule has 3 aromatic rings. The zero-order valence-corrected chi connectivity index (χ0v) is 23.3. The maximum atomic E-state index is 12.3. The Morgan fingerprint density at radius 2 is 1.87 bits per heavy atom. The lowest BCUT2D eigenvalue weighted by atomic mass is 9.69. The van der Waals surface area contributed by atoms with Crippen molar-refractivity contribution in [2.45, 2.75) is 50.9 Å². The summed E-state index contributed by atoms with van der Waals surface area (Å²) in [4.78, 5) is 28.3. The summed E-state index contributed by atoms with van der Waals surface area (Å²) < 4.78 is 0. The Kier molecular flexibility index (Phi) is 6.86. The number of amides is 1. The van der Waals surface area contributed by atoms with Crippen LogP contribution in [0, 0.1) is 16.7 Å². The molecule has 0 saturated carbocycles. The molecule has 1 aromatic heterocycles. The summed E-state index contributed by atoms with van der Waals surface area (Å²) in [5.74, 6) is 0.883. The van der Waals surface area contributed by atoms with Crippen molar-refractivity contribution >= 4 is 40.1 Å². The molecule has 1 N–H and O–H groups in total. The number of thioether (sulfide) groups is 1. The summed E-state index contributed by atoms with van der Waals surface area (Å²) in [5.41, 5.74) is 2.05. The number of hydrogen-bond donors (Lipinski definition) is 1. The lowest BCUT2D eigenvalue weighted by molar-refractivity contribution is -0.00289. The highest BCUT2D eigenvalue weighted by Crippen LogP contribution is 2.43. The number of nitriles is 1. The molecular weight excluding hydrogens is 496 g/mol. The van der Waals surface area contributed by atoms with Gasteiger partial charge in [-0.3, -0.25) is 4.90 Å². The number of carbonyl (C=O) groups is 1. The van der Waals surface area contributed by atoms with E-state index in [4.69, 9.17) is 9.97 Å². The van der Waals surface area contributed by atoms with E-state index in [-0.39, 0.29) is 6.42 Å². The van der Waals surface area contributed by atoms with Gasteiger partial charge in [0.25, 0.3) is 0 Å². The van der Waals surface area contributed by atoms with Crippen molar-refractivity contribution in [1.29, 1.82) is 5.26 Å². The maximum absolute atomic E-state index is 12.3. The van der Waals surface area contributed by atoms with Gasteiger partial charge in [0.2, 0.25) is 0 Å². The van der Waals surface area contributed by atoms with Crippen LogP contribution in [0.15, 0.2) is 47.6 Å². The Balaban J connectivity index is 1.54. The van der Waals surface area contributed by atoms with Gasteiger partial charge >= 0.3 is 6.09 Å². The average Bonchev–Trinajstić information content (AvgIpc) is 2.91. The van der Waals surface area contributed by atoms with E-state index in [9.17, 15) is 15.2 Å². The van der Waals surface area contributed by atoms with Crippen LogP contribution < -0.4 is 9.80 Å². The number of piperazine rings is 1. The highest BCUT2D eigenvalue weighted by atomic mass is 32.2. The molecule has 2 aliphatic heterocycles. The van der Waals surface area contributed by atoms with Crippen molar-refractivity contribution < 1.29 is 9.90 Å². The minimum atomic E-state index is -0.977. The van der Waals surface area contributed by atoms with Crippen molar-refractivity contribution in [1.82, 2.24) is 14.9 Å². The standard InChI is InChI=1S/C29H34N6O2S/c1-28(2,3)29(13-14-30)19-34(16-17-35(29)27(36)37)25-22-12-15-33(18-23(22)31-26(32-25)38-4)24-11-7-9-20-8-5-6-10-21(20)24/h5-11H,12-13,15-19H2,1-4H3,(H,36,37). The van der Waals surface area contributed by atoms with Gasteiger partial charge in [-0.05, 0) is 29.5 Å². The number of aromatic nitrogens is 2. The highest BCUT2D eigenvalue weighted by Gasteiger charge is 2.52. The summed E-state index contributed by atoms with van der Waals surface area (Å²) in [6.07, 6.45) is 1.92. The highest BCUT2D eigenvalue weighted by molar-refractivity contribution is 7.98. The van der Waals surface area contributed by atoms with Crippen molar-refractivity contribution in [3.63, 3.8) is 0 Å². The second-order valence-corrected chi connectivity index (χ2v) is 11.9. The predicted octanol–water partition coefficient (Wildman–Crippen LogP) is 5.41. The third kappa shape index (κ3) is 4.41. The first-order valence-corrected chi connectivity index (χ1v) is 14.2. The summed E-state index contributed by atoms with van der Waals surface area (Å²) in [6.45, 7) is 8.86. The second kappa shape index (κ2) is 9.99. The zero-order valence-electron chi connectivity index (χ0n) is 22.4. The lowest BCUT2D eigenvalue weighted by Gasteiger charge is -2.55. The van der Waals surface area contributed by atoms with Crippen LogP contribution in [-0.4, -0.2) is 64.0 Å². The van der Waals surface area contributed by atoms with Crippen LogP contribution in [0.5, 0.6) is 0 Å². The van der Waals surface area contributed by atoms with Crippen molar-refractivity contribution in [2.24, 2.45) is 5.41 Å². The quantitative estimate of drug-likeness (QED) is 0.353. The van der Waals surface area contributed by atoms with Gasteiger partial charge in [-0.15, -0.1) is 0 Å². The second-order valence-electron chi connectivity index (χ2n) is 11.1. The molecule has 8 nitrogen and oxygen atoms in total. The molecule has 5 rings (SSSR count). The molecule has 2 aliphatic rings. The van der Waals surface area contributed by atoms with E-state index in [2.05, 4.69) is 58.3 Å². The molecule has 0 aliphatic carbocycles. The van der Waals surface area contributed by atoms with Crippen LogP contribution in [0.2, 0.25) is 0 Å². The summed E-state index contributed by atoms with van der Waals surface area (Å²) in [6, 6.07) is 17.2. The third-order valence-corrected chi connectivity index (χ3v) is 8.72. The minimum Gasteiger partial charge on any atom is -0.465 e. The van der Waals surface area contributed by atoms with Crippen molar-refractivity contribution in [3.05, 3.63) is 53.7 Å². The maximum Gasteiger partial charge on any atom is 0.407 e. The van der Waals surface area contributed by atoms with E-state index in [0.29, 0.717) is 31.3 Å². The first-order valence-electron chi connectivity index (χ1n) is 13.0.